The van der Waals surface area contributed by atoms with Gasteiger partial charge in [-0.05, 0) is 47.9 Å². The highest BCUT2D eigenvalue weighted by molar-refractivity contribution is 7.92. The molecule has 9 heteroatoms. The summed E-state index contributed by atoms with van der Waals surface area (Å²) in [7, 11) is -4.02. The van der Waals surface area contributed by atoms with Gasteiger partial charge >= 0.3 is 0 Å². The SMILES string of the molecule is Cc1cc(NS(=O)(=O)c2cc3c(cc2Cl)NC(=O)C(O)N3)ccc1-c1ccccc1. The Bertz CT molecular complexity index is 1250. The maximum atomic E-state index is 12.9. The number of sulfonamides is 1. The van der Waals surface area contributed by atoms with Gasteiger partial charge in [-0.1, -0.05) is 48.0 Å². The van der Waals surface area contributed by atoms with Crippen molar-refractivity contribution >= 4 is 44.6 Å². The number of fused-ring (bicyclic) bond motifs is 1. The smallest absolute Gasteiger partial charge is 0.274 e. The second-order valence-electron chi connectivity index (χ2n) is 6.87. The number of carbonyl (C=O) groups is 1. The Morgan fingerprint density at radius 2 is 1.77 bits per heavy atom. The van der Waals surface area contributed by atoms with Gasteiger partial charge in [0, 0.05) is 5.69 Å². The fraction of sp³-hybridized carbons (Fsp3) is 0.0952. The Hall–Kier alpha value is -3.07. The number of benzene rings is 3. The molecule has 0 saturated heterocycles. The minimum Gasteiger partial charge on any atom is -0.366 e. The number of anilines is 3. The number of aliphatic hydroxyl groups is 1. The molecule has 4 N–H and O–H groups in total. The first-order valence-corrected chi connectivity index (χ1v) is 10.9. The van der Waals surface area contributed by atoms with E-state index in [0.29, 0.717) is 5.69 Å². The lowest BCUT2D eigenvalue weighted by atomic mass is 10.0. The second kappa shape index (κ2) is 7.64. The predicted octanol–water partition coefficient (Wildman–Crippen LogP) is 3.80. The van der Waals surface area contributed by atoms with Crippen LogP contribution in [-0.4, -0.2) is 25.7 Å². The van der Waals surface area contributed by atoms with E-state index in [1.54, 1.807) is 12.1 Å². The van der Waals surface area contributed by atoms with E-state index in [1.165, 1.54) is 12.1 Å². The zero-order valence-electron chi connectivity index (χ0n) is 15.8. The van der Waals surface area contributed by atoms with Crippen LogP contribution in [0.1, 0.15) is 5.56 Å². The first-order chi connectivity index (χ1) is 14.2. The number of halogens is 1. The summed E-state index contributed by atoms with van der Waals surface area (Å²) in [5.74, 6) is -0.652. The molecule has 3 aromatic carbocycles. The molecule has 3 aromatic rings. The summed E-state index contributed by atoms with van der Waals surface area (Å²) < 4.78 is 28.4. The van der Waals surface area contributed by atoms with Crippen LogP contribution in [-0.2, 0) is 14.8 Å². The van der Waals surface area contributed by atoms with Crippen molar-refractivity contribution in [2.75, 3.05) is 15.4 Å². The molecule has 1 unspecified atom stereocenters. The maximum Gasteiger partial charge on any atom is 0.274 e. The van der Waals surface area contributed by atoms with Crippen LogP contribution in [0, 0.1) is 6.92 Å². The topological polar surface area (TPSA) is 108 Å². The van der Waals surface area contributed by atoms with Gasteiger partial charge in [0.25, 0.3) is 15.9 Å². The number of aliphatic hydroxyl groups excluding tert-OH is 1. The Morgan fingerprint density at radius 3 is 2.47 bits per heavy atom. The van der Waals surface area contributed by atoms with E-state index in [-0.39, 0.29) is 21.3 Å². The summed E-state index contributed by atoms with van der Waals surface area (Å²) in [5, 5.41) is 14.6. The van der Waals surface area contributed by atoms with E-state index < -0.39 is 22.2 Å². The molecular formula is C21H18ClN3O4S. The average molecular weight is 444 g/mol. The number of hydrogen-bond acceptors (Lipinski definition) is 5. The lowest BCUT2D eigenvalue weighted by Gasteiger charge is -2.24. The van der Waals surface area contributed by atoms with Crippen LogP contribution in [0.5, 0.6) is 0 Å². The third-order valence-corrected chi connectivity index (χ3v) is 6.57. The molecule has 0 spiro atoms. The molecule has 0 bridgehead atoms. The minimum absolute atomic E-state index is 0.0580. The maximum absolute atomic E-state index is 12.9. The van der Waals surface area contributed by atoms with Gasteiger partial charge in [-0.3, -0.25) is 9.52 Å². The minimum atomic E-state index is -4.02. The quantitative estimate of drug-likeness (QED) is 0.490. The number of carbonyl (C=O) groups excluding carboxylic acids is 1. The Balaban J connectivity index is 1.65. The Morgan fingerprint density at radius 1 is 1.03 bits per heavy atom. The van der Waals surface area contributed by atoms with E-state index in [9.17, 15) is 18.3 Å². The summed E-state index contributed by atoms with van der Waals surface area (Å²) in [5.41, 5.74) is 3.88. The van der Waals surface area contributed by atoms with E-state index in [4.69, 9.17) is 11.6 Å². The third kappa shape index (κ3) is 3.85. The van der Waals surface area contributed by atoms with Crippen molar-refractivity contribution < 1.29 is 18.3 Å². The van der Waals surface area contributed by atoms with Crippen LogP contribution in [0.3, 0.4) is 0 Å². The fourth-order valence-corrected chi connectivity index (χ4v) is 4.88. The van der Waals surface area contributed by atoms with Crippen molar-refractivity contribution in [3.63, 3.8) is 0 Å². The summed E-state index contributed by atoms with van der Waals surface area (Å²) in [6.07, 6.45) is -1.48. The Kier molecular flexibility index (Phi) is 5.15. The van der Waals surface area contributed by atoms with Crippen LogP contribution in [0.4, 0.5) is 17.1 Å². The summed E-state index contributed by atoms with van der Waals surface area (Å²) >= 11 is 6.17. The van der Waals surface area contributed by atoms with Gasteiger partial charge in [-0.15, -0.1) is 0 Å². The molecular weight excluding hydrogens is 426 g/mol. The molecule has 7 nitrogen and oxygen atoms in total. The largest absolute Gasteiger partial charge is 0.366 e. The van der Waals surface area contributed by atoms with Crippen LogP contribution in [0.25, 0.3) is 11.1 Å². The molecule has 1 atom stereocenters. The predicted molar refractivity (Wildman–Crippen MR) is 117 cm³/mol. The monoisotopic (exact) mass is 443 g/mol. The molecule has 30 heavy (non-hydrogen) atoms. The van der Waals surface area contributed by atoms with Gasteiger partial charge in [0.2, 0.25) is 6.23 Å². The number of hydrogen-bond donors (Lipinski definition) is 4. The van der Waals surface area contributed by atoms with E-state index in [0.717, 1.165) is 16.7 Å². The van der Waals surface area contributed by atoms with Gasteiger partial charge in [-0.25, -0.2) is 8.42 Å². The summed E-state index contributed by atoms with van der Waals surface area (Å²) in [6.45, 7) is 1.90. The molecule has 1 amide bonds. The zero-order chi connectivity index (χ0) is 21.5. The van der Waals surface area contributed by atoms with E-state index in [1.807, 2.05) is 43.3 Å². The highest BCUT2D eigenvalue weighted by Gasteiger charge is 2.27. The van der Waals surface area contributed by atoms with Crippen LogP contribution < -0.4 is 15.4 Å². The molecule has 0 fully saturated rings. The second-order valence-corrected chi connectivity index (χ2v) is 8.92. The number of aryl methyl sites for hydroxylation is 1. The molecule has 1 aliphatic heterocycles. The van der Waals surface area contributed by atoms with Gasteiger partial charge in [0.05, 0.1) is 16.4 Å². The number of nitrogens with one attached hydrogen (secondary N) is 3. The molecule has 1 aliphatic rings. The van der Waals surface area contributed by atoms with Gasteiger partial charge in [0.15, 0.2) is 0 Å². The van der Waals surface area contributed by atoms with Crippen molar-refractivity contribution in [1.82, 2.24) is 0 Å². The van der Waals surface area contributed by atoms with Crippen LogP contribution in [0.2, 0.25) is 5.02 Å². The highest BCUT2D eigenvalue weighted by atomic mass is 35.5. The molecule has 0 aliphatic carbocycles. The van der Waals surface area contributed by atoms with E-state index >= 15 is 0 Å². The molecule has 0 radical (unpaired) electrons. The van der Waals surface area contributed by atoms with E-state index in [2.05, 4.69) is 15.4 Å². The summed E-state index contributed by atoms with van der Waals surface area (Å²) in [6, 6.07) is 17.7. The lowest BCUT2D eigenvalue weighted by molar-refractivity contribution is -0.122. The van der Waals surface area contributed by atoms with Gasteiger partial charge in [-0.2, -0.15) is 0 Å². The van der Waals surface area contributed by atoms with Crippen LogP contribution in [0.15, 0.2) is 65.6 Å². The normalized spacial score (nSPS) is 15.7. The zero-order valence-corrected chi connectivity index (χ0v) is 17.4. The molecule has 154 valence electrons. The van der Waals surface area contributed by atoms with Gasteiger partial charge in [0.1, 0.15) is 4.90 Å². The first-order valence-electron chi connectivity index (χ1n) is 9.02. The van der Waals surface area contributed by atoms with Crippen molar-refractivity contribution in [2.45, 2.75) is 18.0 Å². The van der Waals surface area contributed by atoms with Gasteiger partial charge < -0.3 is 15.7 Å². The standard InChI is InChI=1S/C21H18ClN3O4S/c1-12-9-14(7-8-15(12)13-5-3-2-4-6-13)25-30(28,29)19-11-18-17(10-16(19)22)23-20(26)21(27)24-18/h2-11,21,24-25,27H,1H3,(H,23,26). The number of rotatable bonds is 4. The molecule has 0 aromatic heterocycles. The number of amides is 1. The fourth-order valence-electron chi connectivity index (χ4n) is 3.27. The summed E-state index contributed by atoms with van der Waals surface area (Å²) in [4.78, 5) is 11.4. The van der Waals surface area contributed by atoms with Crippen LogP contribution >= 0.6 is 11.6 Å². The highest BCUT2D eigenvalue weighted by Crippen LogP contribution is 2.35. The Labute approximate surface area is 178 Å². The van der Waals surface area contributed by atoms with Crippen molar-refractivity contribution in [3.8, 4) is 11.1 Å². The molecule has 1 heterocycles. The van der Waals surface area contributed by atoms with Crippen molar-refractivity contribution in [1.29, 1.82) is 0 Å². The van der Waals surface area contributed by atoms with Crippen molar-refractivity contribution in [3.05, 3.63) is 71.2 Å². The third-order valence-electron chi connectivity index (χ3n) is 4.72. The van der Waals surface area contributed by atoms with Crippen molar-refractivity contribution in [2.24, 2.45) is 0 Å². The first kappa shape index (κ1) is 20.2. The lowest BCUT2D eigenvalue weighted by Crippen LogP contribution is -2.38. The molecule has 4 rings (SSSR count). The molecule has 0 saturated carbocycles. The average Bonchev–Trinajstić information content (AvgIpc) is 2.69.